The Labute approximate surface area is 226 Å². The minimum absolute atomic E-state index is 0.209. The summed E-state index contributed by atoms with van der Waals surface area (Å²) >= 11 is 7.90. The number of carbonyl (C=O) groups excluding carboxylic acids is 2. The highest BCUT2D eigenvalue weighted by Gasteiger charge is 2.43. The molecule has 0 unspecified atom stereocenters. The van der Waals surface area contributed by atoms with Crippen molar-refractivity contribution in [2.24, 2.45) is 0 Å². The van der Waals surface area contributed by atoms with Gasteiger partial charge in [-0.05, 0) is 60.2 Å². The van der Waals surface area contributed by atoms with E-state index in [1.807, 2.05) is 37.4 Å². The SMILES string of the molecule is COc1cc(Cl)c(C)cc1NC(=O)[C@@H]1c2cc(OC)c(OC)cc2C(=O)N(C)[C@@H]1c1ccc(SC)cc1. The molecule has 0 saturated heterocycles. The van der Waals surface area contributed by atoms with Crippen LogP contribution < -0.4 is 19.5 Å². The summed E-state index contributed by atoms with van der Waals surface area (Å²) in [7, 11) is 6.27. The first-order valence-corrected chi connectivity index (χ1v) is 13.2. The van der Waals surface area contributed by atoms with E-state index in [4.69, 9.17) is 25.8 Å². The number of methoxy groups -OCH3 is 3. The van der Waals surface area contributed by atoms with Crippen LogP contribution in [-0.2, 0) is 4.79 Å². The second-order valence-electron chi connectivity index (χ2n) is 8.70. The van der Waals surface area contributed by atoms with Gasteiger partial charge in [0, 0.05) is 28.6 Å². The van der Waals surface area contributed by atoms with Gasteiger partial charge in [-0.25, -0.2) is 0 Å². The molecule has 0 aliphatic carbocycles. The molecule has 3 aromatic rings. The fourth-order valence-corrected chi connectivity index (χ4v) is 5.25. The van der Waals surface area contributed by atoms with Crippen LogP contribution >= 0.6 is 23.4 Å². The Hall–Kier alpha value is -3.36. The van der Waals surface area contributed by atoms with Gasteiger partial charge in [0.05, 0.1) is 39.0 Å². The molecule has 2 atom stereocenters. The third-order valence-corrected chi connectivity index (χ3v) is 7.80. The van der Waals surface area contributed by atoms with E-state index in [0.717, 1.165) is 16.0 Å². The second-order valence-corrected chi connectivity index (χ2v) is 9.98. The third-order valence-electron chi connectivity index (χ3n) is 6.65. The Morgan fingerprint density at radius 2 is 1.59 bits per heavy atom. The molecule has 0 radical (unpaired) electrons. The van der Waals surface area contributed by atoms with Crippen molar-refractivity contribution < 1.29 is 23.8 Å². The molecular formula is C28H29ClN2O5S. The summed E-state index contributed by atoms with van der Waals surface area (Å²) in [6, 6.07) is 14.1. The lowest BCUT2D eigenvalue weighted by molar-refractivity contribution is -0.119. The smallest absolute Gasteiger partial charge is 0.254 e. The Bertz CT molecular complexity index is 1350. The lowest BCUT2D eigenvalue weighted by Crippen LogP contribution is -2.44. The van der Waals surface area contributed by atoms with Crippen LogP contribution in [0.5, 0.6) is 17.2 Å². The van der Waals surface area contributed by atoms with E-state index in [0.29, 0.717) is 39.1 Å². The van der Waals surface area contributed by atoms with Crippen molar-refractivity contribution >= 4 is 40.9 Å². The summed E-state index contributed by atoms with van der Waals surface area (Å²) < 4.78 is 16.4. The molecule has 1 aliphatic rings. The van der Waals surface area contributed by atoms with Gasteiger partial charge in [-0.1, -0.05) is 23.7 Å². The fourth-order valence-electron chi connectivity index (χ4n) is 4.69. The van der Waals surface area contributed by atoms with Gasteiger partial charge >= 0.3 is 0 Å². The molecule has 0 fully saturated rings. The number of thioether (sulfide) groups is 1. The summed E-state index contributed by atoms with van der Waals surface area (Å²) in [6.45, 7) is 1.85. The lowest BCUT2D eigenvalue weighted by atomic mass is 9.79. The number of carbonyl (C=O) groups is 2. The van der Waals surface area contributed by atoms with E-state index >= 15 is 0 Å². The molecule has 3 aromatic carbocycles. The number of aryl methyl sites for hydroxylation is 1. The predicted octanol–water partition coefficient (Wildman–Crippen LogP) is 5.95. The molecule has 9 heteroatoms. The first kappa shape index (κ1) is 26.7. The number of hydrogen-bond acceptors (Lipinski definition) is 6. The van der Waals surface area contributed by atoms with Crippen LogP contribution in [0.2, 0.25) is 5.02 Å². The Morgan fingerprint density at radius 3 is 2.19 bits per heavy atom. The number of nitrogens with zero attached hydrogens (tertiary/aromatic N) is 1. The van der Waals surface area contributed by atoms with Gasteiger partial charge in [-0.2, -0.15) is 0 Å². The monoisotopic (exact) mass is 540 g/mol. The van der Waals surface area contributed by atoms with E-state index in [2.05, 4.69) is 5.32 Å². The number of fused-ring (bicyclic) bond motifs is 1. The van der Waals surface area contributed by atoms with Crippen molar-refractivity contribution in [1.82, 2.24) is 4.90 Å². The summed E-state index contributed by atoms with van der Waals surface area (Å²) in [5.41, 5.74) is 3.07. The third kappa shape index (κ3) is 4.95. The molecule has 1 aliphatic heterocycles. The molecule has 1 heterocycles. The zero-order valence-electron chi connectivity index (χ0n) is 21.5. The Kier molecular flexibility index (Phi) is 7.90. The van der Waals surface area contributed by atoms with Crippen LogP contribution in [-0.4, -0.2) is 51.3 Å². The summed E-state index contributed by atoms with van der Waals surface area (Å²) in [4.78, 5) is 30.3. The number of rotatable bonds is 7. The number of anilines is 1. The van der Waals surface area contributed by atoms with Gasteiger partial charge in [0.1, 0.15) is 5.75 Å². The molecule has 194 valence electrons. The van der Waals surface area contributed by atoms with Gasteiger partial charge in [0.25, 0.3) is 5.91 Å². The van der Waals surface area contributed by atoms with Gasteiger partial charge in [0.15, 0.2) is 11.5 Å². The molecular weight excluding hydrogens is 512 g/mol. The Balaban J connectivity index is 1.89. The van der Waals surface area contributed by atoms with E-state index in [9.17, 15) is 9.59 Å². The quantitative estimate of drug-likeness (QED) is 0.373. The molecule has 7 nitrogen and oxygen atoms in total. The molecule has 0 bridgehead atoms. The standard InChI is InChI=1S/C28H29ClN2O5S/c1-15-11-21(22(34-3)14-20(15)29)30-27(32)25-18-12-23(35-4)24(36-5)13-19(18)28(33)31(2)26(25)16-7-9-17(37-6)10-8-16/h7-14,25-26H,1-6H3,(H,30,32)/t25-,26-/m1/s1. The number of halogens is 1. The summed E-state index contributed by atoms with van der Waals surface area (Å²) in [5, 5.41) is 3.56. The number of amides is 2. The van der Waals surface area contributed by atoms with Crippen LogP contribution in [0.1, 0.15) is 39.0 Å². The average molecular weight is 541 g/mol. The fraction of sp³-hybridized carbons (Fsp3) is 0.286. The second kappa shape index (κ2) is 10.9. The number of likely N-dealkylation sites (N-methyl/N-ethyl adjacent to an activating group) is 1. The van der Waals surface area contributed by atoms with Crippen LogP contribution in [0.3, 0.4) is 0 Å². The average Bonchev–Trinajstić information content (AvgIpc) is 2.91. The molecule has 4 rings (SSSR count). The molecule has 2 amide bonds. The first-order valence-electron chi connectivity index (χ1n) is 11.6. The molecule has 0 saturated carbocycles. The minimum Gasteiger partial charge on any atom is -0.495 e. The highest BCUT2D eigenvalue weighted by molar-refractivity contribution is 7.98. The summed E-state index contributed by atoms with van der Waals surface area (Å²) in [5.74, 6) is 0.0364. The van der Waals surface area contributed by atoms with Crippen LogP contribution in [0.15, 0.2) is 53.4 Å². The van der Waals surface area contributed by atoms with Crippen molar-refractivity contribution in [2.45, 2.75) is 23.8 Å². The van der Waals surface area contributed by atoms with Gasteiger partial charge in [-0.15, -0.1) is 11.8 Å². The van der Waals surface area contributed by atoms with E-state index < -0.39 is 12.0 Å². The lowest BCUT2D eigenvalue weighted by Gasteiger charge is -2.40. The number of benzene rings is 3. The van der Waals surface area contributed by atoms with Gasteiger partial charge in [0.2, 0.25) is 5.91 Å². The summed E-state index contributed by atoms with van der Waals surface area (Å²) in [6.07, 6.45) is 2.00. The zero-order chi connectivity index (χ0) is 26.9. The highest BCUT2D eigenvalue weighted by atomic mass is 35.5. The van der Waals surface area contributed by atoms with E-state index in [-0.39, 0.29) is 11.8 Å². The Morgan fingerprint density at radius 1 is 0.973 bits per heavy atom. The minimum atomic E-state index is -0.752. The zero-order valence-corrected chi connectivity index (χ0v) is 23.1. The van der Waals surface area contributed by atoms with Crippen molar-refractivity contribution in [3.8, 4) is 17.2 Å². The largest absolute Gasteiger partial charge is 0.495 e. The molecule has 37 heavy (non-hydrogen) atoms. The van der Waals surface area contributed by atoms with Crippen molar-refractivity contribution in [3.63, 3.8) is 0 Å². The van der Waals surface area contributed by atoms with E-state index in [1.165, 1.54) is 21.3 Å². The molecule has 0 spiro atoms. The van der Waals surface area contributed by atoms with Crippen molar-refractivity contribution in [1.29, 1.82) is 0 Å². The molecule has 1 N–H and O–H groups in total. The van der Waals surface area contributed by atoms with Crippen LogP contribution in [0.25, 0.3) is 0 Å². The maximum Gasteiger partial charge on any atom is 0.254 e. The number of ether oxygens (including phenoxy) is 3. The maximum atomic E-state index is 14.1. The number of hydrogen-bond donors (Lipinski definition) is 1. The van der Waals surface area contributed by atoms with Crippen molar-refractivity contribution in [3.05, 3.63) is 75.8 Å². The maximum absolute atomic E-state index is 14.1. The highest BCUT2D eigenvalue weighted by Crippen LogP contribution is 2.46. The predicted molar refractivity (Wildman–Crippen MR) is 147 cm³/mol. The van der Waals surface area contributed by atoms with Crippen molar-refractivity contribution in [2.75, 3.05) is 39.9 Å². The first-order chi connectivity index (χ1) is 17.7. The number of nitrogens with one attached hydrogen (secondary N) is 1. The normalized spacial score (nSPS) is 16.7. The van der Waals surface area contributed by atoms with Crippen LogP contribution in [0.4, 0.5) is 5.69 Å². The molecule has 0 aromatic heterocycles. The topological polar surface area (TPSA) is 77.1 Å². The van der Waals surface area contributed by atoms with Gasteiger partial charge < -0.3 is 24.4 Å². The van der Waals surface area contributed by atoms with Crippen LogP contribution in [0, 0.1) is 6.92 Å². The van der Waals surface area contributed by atoms with Gasteiger partial charge in [-0.3, -0.25) is 9.59 Å². The van der Waals surface area contributed by atoms with E-state index in [1.54, 1.807) is 48.0 Å².